The highest BCUT2D eigenvalue weighted by Crippen LogP contribution is 2.77. The molecule has 238 valence electrons. The Hall–Kier alpha value is -2.56. The van der Waals surface area contributed by atoms with Crippen LogP contribution in [0, 0.1) is 51.2 Å². The van der Waals surface area contributed by atoms with Crippen molar-refractivity contribution >= 4 is 22.8 Å². The number of para-hydroxylation sites is 1. The van der Waals surface area contributed by atoms with Crippen molar-refractivity contribution in [3.63, 3.8) is 0 Å². The Balaban J connectivity index is 1.28. The van der Waals surface area contributed by atoms with E-state index in [1.165, 1.54) is 55.0 Å². The first-order chi connectivity index (χ1) is 20.7. The zero-order chi connectivity index (χ0) is 31.4. The van der Waals surface area contributed by atoms with Gasteiger partial charge in [0.15, 0.2) is 0 Å². The Bertz CT molecular complexity index is 1540. The van der Waals surface area contributed by atoms with Crippen molar-refractivity contribution in [1.29, 1.82) is 0 Å². The highest BCUT2D eigenvalue weighted by atomic mass is 16.5. The number of aromatic amines is 1. The van der Waals surface area contributed by atoms with E-state index in [1.54, 1.807) is 5.56 Å². The molecule has 0 radical (unpaired) electrons. The van der Waals surface area contributed by atoms with Crippen LogP contribution in [0.3, 0.4) is 0 Å². The fourth-order valence-corrected chi connectivity index (χ4v) is 13.2. The SMILES string of the molecule is C=C(C)C1CC[C@]2(C(=O)NCC(=O)OC)CC[C@]3(C)C(CCC4[C@@]5(C)Cc6c([nH]c7ccccc67)C(C)(C)C5CC[C@]43C)C12. The lowest BCUT2D eigenvalue weighted by Gasteiger charge is -2.72. The summed E-state index contributed by atoms with van der Waals surface area (Å²) in [5.41, 5.74) is 5.80. The van der Waals surface area contributed by atoms with Crippen molar-refractivity contribution in [3.05, 3.63) is 47.7 Å². The summed E-state index contributed by atoms with van der Waals surface area (Å²) in [6.45, 7) is 19.6. The number of benzene rings is 1. The van der Waals surface area contributed by atoms with Gasteiger partial charge in [0.2, 0.25) is 5.91 Å². The van der Waals surface area contributed by atoms with Crippen LogP contribution in [0.25, 0.3) is 10.9 Å². The van der Waals surface area contributed by atoms with Gasteiger partial charge in [-0.25, -0.2) is 0 Å². The van der Waals surface area contributed by atoms with Crippen LogP contribution in [0.5, 0.6) is 0 Å². The first-order valence-electron chi connectivity index (χ1n) is 17.4. The van der Waals surface area contributed by atoms with E-state index >= 15 is 0 Å². The molecule has 0 bridgehead atoms. The van der Waals surface area contributed by atoms with E-state index in [0.717, 1.165) is 32.1 Å². The summed E-state index contributed by atoms with van der Waals surface area (Å²) in [5, 5.41) is 4.44. The molecule has 5 nitrogen and oxygen atoms in total. The molecule has 0 spiro atoms. The lowest BCUT2D eigenvalue weighted by Crippen LogP contribution is -2.67. The largest absolute Gasteiger partial charge is 0.468 e. The van der Waals surface area contributed by atoms with Gasteiger partial charge >= 0.3 is 5.97 Å². The van der Waals surface area contributed by atoms with Crippen molar-refractivity contribution in [1.82, 2.24) is 10.3 Å². The van der Waals surface area contributed by atoms with Crippen LogP contribution < -0.4 is 5.32 Å². The van der Waals surface area contributed by atoms with Crippen molar-refractivity contribution < 1.29 is 14.3 Å². The van der Waals surface area contributed by atoms with Crippen LogP contribution in [0.15, 0.2) is 36.4 Å². The Morgan fingerprint density at radius 1 is 0.955 bits per heavy atom. The standard InChI is InChI=1S/C39H54N2O3/c1-23(2)24-15-18-39(34(43)40-22-31(42)44-8)20-19-37(6)27(32(24)39)13-14-30-36(5)21-26-25-11-9-10-12-28(25)41-33(26)35(3,4)29(36)16-17-38(30,37)7/h9-12,24,27,29-30,32,41H,1,13-22H2,2-8H3,(H,40,43)/t24?,27?,29?,30?,32?,36-,37+,38+,39-/m0/s1. The van der Waals surface area contributed by atoms with Crippen molar-refractivity contribution in [2.75, 3.05) is 13.7 Å². The van der Waals surface area contributed by atoms with E-state index in [2.05, 4.69) is 82.7 Å². The molecule has 44 heavy (non-hydrogen) atoms. The number of ether oxygens (including phenoxy) is 1. The predicted molar refractivity (Wildman–Crippen MR) is 176 cm³/mol. The van der Waals surface area contributed by atoms with Gasteiger partial charge in [-0.05, 0) is 122 Å². The monoisotopic (exact) mass is 598 g/mol. The second-order valence-corrected chi connectivity index (χ2v) is 17.0. The maximum absolute atomic E-state index is 14.1. The minimum absolute atomic E-state index is 0.0470. The number of amides is 1. The van der Waals surface area contributed by atoms with E-state index in [4.69, 9.17) is 4.74 Å². The minimum Gasteiger partial charge on any atom is -0.468 e. The number of esters is 1. The number of nitrogens with one attached hydrogen (secondary N) is 2. The molecule has 1 heterocycles. The van der Waals surface area contributed by atoms with Crippen molar-refractivity contribution in [3.8, 4) is 0 Å². The highest BCUT2D eigenvalue weighted by molar-refractivity contribution is 5.87. The van der Waals surface area contributed by atoms with Gasteiger partial charge in [0.1, 0.15) is 6.54 Å². The number of fused-ring (bicyclic) bond motifs is 10. The Morgan fingerprint density at radius 2 is 1.70 bits per heavy atom. The second kappa shape index (κ2) is 9.72. The average molecular weight is 599 g/mol. The Morgan fingerprint density at radius 3 is 2.43 bits per heavy atom. The smallest absolute Gasteiger partial charge is 0.325 e. The summed E-state index contributed by atoms with van der Waals surface area (Å²) in [6.07, 6.45) is 9.99. The number of carbonyl (C=O) groups excluding carboxylic acids is 2. The summed E-state index contributed by atoms with van der Waals surface area (Å²) < 4.78 is 4.87. The van der Waals surface area contributed by atoms with Crippen LogP contribution in [0.4, 0.5) is 0 Å². The van der Waals surface area contributed by atoms with Crippen LogP contribution >= 0.6 is 0 Å². The molecule has 5 heteroatoms. The van der Waals surface area contributed by atoms with Gasteiger partial charge in [-0.15, -0.1) is 0 Å². The summed E-state index contributed by atoms with van der Waals surface area (Å²) in [7, 11) is 1.38. The molecule has 1 amide bonds. The van der Waals surface area contributed by atoms with Gasteiger partial charge in [-0.1, -0.05) is 65.0 Å². The third-order valence-electron chi connectivity index (χ3n) is 15.3. The second-order valence-electron chi connectivity index (χ2n) is 17.0. The molecule has 1 aromatic carbocycles. The summed E-state index contributed by atoms with van der Waals surface area (Å²) in [4.78, 5) is 30.0. The predicted octanol–water partition coefficient (Wildman–Crippen LogP) is 8.13. The fraction of sp³-hybridized carbons (Fsp3) is 0.692. The summed E-state index contributed by atoms with van der Waals surface area (Å²) >= 11 is 0. The van der Waals surface area contributed by atoms with Crippen LogP contribution in [-0.2, 0) is 26.2 Å². The number of methoxy groups -OCH3 is 1. The first kappa shape index (κ1) is 30.1. The molecule has 7 rings (SSSR count). The molecule has 1 aromatic heterocycles. The van der Waals surface area contributed by atoms with Gasteiger partial charge in [-0.2, -0.15) is 0 Å². The van der Waals surface area contributed by atoms with Gasteiger partial charge in [0, 0.05) is 22.0 Å². The molecule has 5 aliphatic carbocycles. The van der Waals surface area contributed by atoms with Gasteiger partial charge in [0.05, 0.1) is 12.5 Å². The van der Waals surface area contributed by atoms with E-state index in [0.29, 0.717) is 23.7 Å². The van der Waals surface area contributed by atoms with E-state index < -0.39 is 5.41 Å². The number of hydrogen-bond acceptors (Lipinski definition) is 3. The minimum atomic E-state index is -0.419. The van der Waals surface area contributed by atoms with Crippen molar-refractivity contribution in [2.24, 2.45) is 51.2 Å². The third-order valence-corrected chi connectivity index (χ3v) is 15.3. The van der Waals surface area contributed by atoms with Gasteiger partial charge in [0.25, 0.3) is 0 Å². The van der Waals surface area contributed by atoms with Crippen LogP contribution in [0.2, 0.25) is 0 Å². The summed E-state index contributed by atoms with van der Waals surface area (Å²) in [5.74, 6) is 2.08. The topological polar surface area (TPSA) is 71.2 Å². The molecular weight excluding hydrogens is 544 g/mol. The zero-order valence-corrected chi connectivity index (χ0v) is 28.2. The quantitative estimate of drug-likeness (QED) is 0.276. The molecule has 2 N–H and O–H groups in total. The van der Waals surface area contributed by atoms with Gasteiger partial charge in [-0.3, -0.25) is 9.59 Å². The first-order valence-corrected chi connectivity index (χ1v) is 17.4. The number of H-pyrrole nitrogens is 1. The summed E-state index contributed by atoms with van der Waals surface area (Å²) in [6, 6.07) is 8.94. The van der Waals surface area contributed by atoms with Crippen molar-refractivity contribution in [2.45, 2.75) is 105 Å². The molecular formula is C39H54N2O3. The fourth-order valence-electron chi connectivity index (χ4n) is 13.2. The van der Waals surface area contributed by atoms with Crippen LogP contribution in [0.1, 0.15) is 104 Å². The number of allylic oxidation sites excluding steroid dienone is 1. The van der Waals surface area contributed by atoms with Crippen LogP contribution in [-0.4, -0.2) is 30.5 Å². The number of carbonyl (C=O) groups is 2. The number of hydrogen-bond donors (Lipinski definition) is 2. The van der Waals surface area contributed by atoms with Gasteiger partial charge < -0.3 is 15.0 Å². The normalized spacial score (nSPS) is 41.8. The molecule has 4 fully saturated rings. The van der Waals surface area contributed by atoms with E-state index in [1.807, 2.05) is 0 Å². The maximum atomic E-state index is 14.1. The lowest BCUT2D eigenvalue weighted by atomic mass is 9.32. The number of rotatable bonds is 4. The Kier molecular flexibility index (Phi) is 6.65. The molecule has 5 unspecified atom stereocenters. The zero-order valence-electron chi connectivity index (χ0n) is 28.2. The molecule has 0 saturated heterocycles. The molecule has 9 atom stereocenters. The molecule has 2 aromatic rings. The lowest BCUT2D eigenvalue weighted by molar-refractivity contribution is -0.224. The highest BCUT2D eigenvalue weighted by Gasteiger charge is 2.71. The van der Waals surface area contributed by atoms with E-state index in [-0.39, 0.29) is 46.0 Å². The molecule has 0 aliphatic heterocycles. The maximum Gasteiger partial charge on any atom is 0.325 e. The number of aromatic nitrogens is 1. The molecule has 4 saturated carbocycles. The van der Waals surface area contributed by atoms with E-state index in [9.17, 15) is 9.59 Å². The average Bonchev–Trinajstić information content (AvgIpc) is 3.56. The third kappa shape index (κ3) is 3.70. The Labute approximate surface area is 264 Å². The molecule has 5 aliphatic rings.